The number of aromatic nitrogens is 1. The van der Waals surface area contributed by atoms with Gasteiger partial charge in [0.05, 0.1) is 17.9 Å². The van der Waals surface area contributed by atoms with E-state index in [4.69, 9.17) is 4.74 Å². The van der Waals surface area contributed by atoms with Crippen molar-refractivity contribution in [2.45, 2.75) is 13.8 Å². The molecule has 2 amide bonds. The molecule has 0 bridgehead atoms. The summed E-state index contributed by atoms with van der Waals surface area (Å²) in [7, 11) is 0. The number of ether oxygens (including phenoxy) is 1. The zero-order chi connectivity index (χ0) is 17.5. The van der Waals surface area contributed by atoms with Crippen LogP contribution in [0.4, 0.5) is 11.5 Å². The number of hydrogen-bond donors (Lipinski definition) is 2. The first-order chi connectivity index (χ1) is 11.5. The highest BCUT2D eigenvalue weighted by molar-refractivity contribution is 6.43. The number of anilines is 2. The van der Waals surface area contributed by atoms with E-state index in [2.05, 4.69) is 15.6 Å². The number of rotatable bonds is 4. The Labute approximate surface area is 139 Å². The zero-order valence-corrected chi connectivity index (χ0v) is 13.3. The SMILES string of the molecule is CCOC(=O)c1ccccc1NC(=O)C(=O)Nc1cc(C)ccn1. The molecule has 2 aromatic rings. The second kappa shape index (κ2) is 7.87. The first-order valence-electron chi connectivity index (χ1n) is 7.32. The third-order valence-electron chi connectivity index (χ3n) is 3.03. The van der Waals surface area contributed by atoms with E-state index in [1.54, 1.807) is 31.2 Å². The Morgan fingerprint density at radius 2 is 1.79 bits per heavy atom. The number of nitrogens with one attached hydrogen (secondary N) is 2. The Bertz CT molecular complexity index is 774. The van der Waals surface area contributed by atoms with Crippen LogP contribution in [0, 0.1) is 6.92 Å². The number of carbonyl (C=O) groups is 3. The summed E-state index contributed by atoms with van der Waals surface area (Å²) in [6, 6.07) is 9.70. The minimum absolute atomic E-state index is 0.175. The van der Waals surface area contributed by atoms with Gasteiger partial charge in [0.2, 0.25) is 0 Å². The van der Waals surface area contributed by atoms with Crippen LogP contribution in [-0.2, 0) is 14.3 Å². The number of aryl methyl sites for hydroxylation is 1. The van der Waals surface area contributed by atoms with Gasteiger partial charge in [0.25, 0.3) is 0 Å². The maximum Gasteiger partial charge on any atom is 0.340 e. The van der Waals surface area contributed by atoms with Gasteiger partial charge in [-0.1, -0.05) is 12.1 Å². The van der Waals surface area contributed by atoms with Gasteiger partial charge in [0.15, 0.2) is 0 Å². The van der Waals surface area contributed by atoms with Crippen LogP contribution in [-0.4, -0.2) is 29.4 Å². The quantitative estimate of drug-likeness (QED) is 0.662. The minimum Gasteiger partial charge on any atom is -0.462 e. The van der Waals surface area contributed by atoms with Crippen molar-refractivity contribution in [1.29, 1.82) is 0 Å². The monoisotopic (exact) mass is 327 g/mol. The Balaban J connectivity index is 2.09. The van der Waals surface area contributed by atoms with Crippen molar-refractivity contribution in [2.75, 3.05) is 17.2 Å². The molecule has 0 unspecified atom stereocenters. The van der Waals surface area contributed by atoms with Crippen LogP contribution in [0.3, 0.4) is 0 Å². The summed E-state index contributed by atoms with van der Waals surface area (Å²) in [5.41, 5.74) is 1.27. The van der Waals surface area contributed by atoms with Gasteiger partial charge in [-0.05, 0) is 43.7 Å². The molecule has 1 heterocycles. The Hall–Kier alpha value is -3.22. The van der Waals surface area contributed by atoms with Crippen LogP contribution in [0.5, 0.6) is 0 Å². The van der Waals surface area contributed by atoms with Gasteiger partial charge in [-0.15, -0.1) is 0 Å². The number of carbonyl (C=O) groups excluding carboxylic acids is 3. The highest BCUT2D eigenvalue weighted by Gasteiger charge is 2.18. The molecule has 7 heteroatoms. The molecule has 1 aromatic carbocycles. The van der Waals surface area contributed by atoms with Gasteiger partial charge in [0, 0.05) is 6.20 Å². The summed E-state index contributed by atoms with van der Waals surface area (Å²) in [5, 5.41) is 4.80. The fraction of sp³-hybridized carbons (Fsp3) is 0.176. The van der Waals surface area contributed by atoms with Gasteiger partial charge in [0.1, 0.15) is 5.82 Å². The standard InChI is InChI=1S/C17H17N3O4/c1-3-24-17(23)12-6-4-5-7-13(12)19-15(21)16(22)20-14-10-11(2)8-9-18-14/h4-10H,3H2,1-2H3,(H,19,21)(H,18,20,22). The van der Waals surface area contributed by atoms with E-state index >= 15 is 0 Å². The first-order valence-corrected chi connectivity index (χ1v) is 7.32. The molecule has 124 valence electrons. The second-order valence-corrected chi connectivity index (χ2v) is 4.89. The van der Waals surface area contributed by atoms with Crippen LogP contribution in [0.2, 0.25) is 0 Å². The Kier molecular flexibility index (Phi) is 5.62. The molecule has 0 aliphatic rings. The molecule has 7 nitrogen and oxygen atoms in total. The summed E-state index contributed by atoms with van der Waals surface area (Å²) < 4.78 is 4.92. The fourth-order valence-corrected chi connectivity index (χ4v) is 1.94. The highest BCUT2D eigenvalue weighted by Crippen LogP contribution is 2.16. The number of nitrogens with zero attached hydrogens (tertiary/aromatic N) is 1. The molecule has 2 N–H and O–H groups in total. The van der Waals surface area contributed by atoms with Crippen molar-refractivity contribution >= 4 is 29.3 Å². The normalized spacial score (nSPS) is 9.92. The molecule has 24 heavy (non-hydrogen) atoms. The topological polar surface area (TPSA) is 97.4 Å². The lowest BCUT2D eigenvalue weighted by atomic mass is 10.2. The fourth-order valence-electron chi connectivity index (χ4n) is 1.94. The van der Waals surface area contributed by atoms with Crippen molar-refractivity contribution in [2.24, 2.45) is 0 Å². The molecular weight excluding hydrogens is 310 g/mol. The van der Waals surface area contributed by atoms with Crippen molar-refractivity contribution in [3.05, 3.63) is 53.7 Å². The van der Waals surface area contributed by atoms with Crippen molar-refractivity contribution in [3.63, 3.8) is 0 Å². The number of amides is 2. The summed E-state index contributed by atoms with van der Waals surface area (Å²) >= 11 is 0. The van der Waals surface area contributed by atoms with E-state index in [0.29, 0.717) is 0 Å². The second-order valence-electron chi connectivity index (χ2n) is 4.89. The lowest BCUT2D eigenvalue weighted by molar-refractivity contribution is -0.133. The largest absolute Gasteiger partial charge is 0.462 e. The van der Waals surface area contributed by atoms with E-state index < -0.39 is 17.8 Å². The lowest BCUT2D eigenvalue weighted by Gasteiger charge is -2.10. The molecule has 0 fully saturated rings. The van der Waals surface area contributed by atoms with E-state index in [1.807, 2.05) is 6.92 Å². The molecule has 1 aromatic heterocycles. The van der Waals surface area contributed by atoms with E-state index in [1.165, 1.54) is 18.3 Å². The number of esters is 1. The van der Waals surface area contributed by atoms with E-state index in [9.17, 15) is 14.4 Å². The third-order valence-corrected chi connectivity index (χ3v) is 3.03. The summed E-state index contributed by atoms with van der Waals surface area (Å²) in [5.74, 6) is -2.09. The summed E-state index contributed by atoms with van der Waals surface area (Å²) in [4.78, 5) is 39.8. The van der Waals surface area contributed by atoms with Gasteiger partial charge in [-0.25, -0.2) is 9.78 Å². The highest BCUT2D eigenvalue weighted by atomic mass is 16.5. The maximum absolute atomic E-state index is 12.0. The molecule has 0 saturated carbocycles. The summed E-state index contributed by atoms with van der Waals surface area (Å²) in [6.07, 6.45) is 1.53. The van der Waals surface area contributed by atoms with Crippen LogP contribution >= 0.6 is 0 Å². The van der Waals surface area contributed by atoms with Crippen LogP contribution in [0.1, 0.15) is 22.8 Å². The van der Waals surface area contributed by atoms with Crippen LogP contribution < -0.4 is 10.6 Å². The molecule has 0 radical (unpaired) electrons. The molecule has 0 aliphatic carbocycles. The predicted molar refractivity (Wildman–Crippen MR) is 88.6 cm³/mol. The minimum atomic E-state index is -0.907. The molecule has 0 saturated heterocycles. The maximum atomic E-state index is 12.0. The zero-order valence-electron chi connectivity index (χ0n) is 13.3. The van der Waals surface area contributed by atoms with Crippen molar-refractivity contribution < 1.29 is 19.1 Å². The third kappa shape index (κ3) is 4.39. The predicted octanol–water partition coefficient (Wildman–Crippen LogP) is 2.14. The summed E-state index contributed by atoms with van der Waals surface area (Å²) in [6.45, 7) is 3.73. The Morgan fingerprint density at radius 3 is 2.50 bits per heavy atom. The molecule has 2 rings (SSSR count). The lowest BCUT2D eigenvalue weighted by Crippen LogP contribution is -2.30. The number of hydrogen-bond acceptors (Lipinski definition) is 5. The average Bonchev–Trinajstić information content (AvgIpc) is 2.55. The smallest absolute Gasteiger partial charge is 0.340 e. The van der Waals surface area contributed by atoms with E-state index in [-0.39, 0.29) is 23.7 Å². The molecular formula is C17H17N3O4. The van der Waals surface area contributed by atoms with Gasteiger partial charge < -0.3 is 15.4 Å². The van der Waals surface area contributed by atoms with Crippen LogP contribution in [0.15, 0.2) is 42.6 Å². The van der Waals surface area contributed by atoms with E-state index in [0.717, 1.165) is 5.56 Å². The van der Waals surface area contributed by atoms with Crippen molar-refractivity contribution in [3.8, 4) is 0 Å². The van der Waals surface area contributed by atoms with Crippen LogP contribution in [0.25, 0.3) is 0 Å². The molecule has 0 atom stereocenters. The number of pyridine rings is 1. The molecule has 0 aliphatic heterocycles. The number of para-hydroxylation sites is 1. The first kappa shape index (κ1) is 17.1. The van der Waals surface area contributed by atoms with Gasteiger partial charge in [-0.2, -0.15) is 0 Å². The average molecular weight is 327 g/mol. The Morgan fingerprint density at radius 1 is 1.08 bits per heavy atom. The van der Waals surface area contributed by atoms with Gasteiger partial charge in [-0.3, -0.25) is 9.59 Å². The molecule has 0 spiro atoms. The van der Waals surface area contributed by atoms with Gasteiger partial charge >= 0.3 is 17.8 Å². The van der Waals surface area contributed by atoms with Crippen molar-refractivity contribution in [1.82, 2.24) is 4.98 Å². The number of benzene rings is 1.